The Balaban J connectivity index is 1.39. The maximum Gasteiger partial charge on any atom is 0.251 e. The maximum absolute atomic E-state index is 12.8. The van der Waals surface area contributed by atoms with Gasteiger partial charge in [0.25, 0.3) is 5.91 Å². The first-order valence-electron chi connectivity index (χ1n) is 8.54. The third kappa shape index (κ3) is 5.24. The highest BCUT2D eigenvalue weighted by Gasteiger charge is 2.06. The van der Waals surface area contributed by atoms with Gasteiger partial charge in [-0.25, -0.2) is 9.37 Å². The van der Waals surface area contributed by atoms with Crippen molar-refractivity contribution in [1.29, 1.82) is 0 Å². The van der Waals surface area contributed by atoms with Gasteiger partial charge >= 0.3 is 0 Å². The molecule has 6 nitrogen and oxygen atoms in total. The van der Waals surface area contributed by atoms with Gasteiger partial charge in [0.2, 0.25) is 5.91 Å². The lowest BCUT2D eigenvalue weighted by atomic mass is 10.2. The van der Waals surface area contributed by atoms with Gasteiger partial charge in [-0.3, -0.25) is 9.59 Å². The summed E-state index contributed by atoms with van der Waals surface area (Å²) in [7, 11) is 0. The molecule has 2 N–H and O–H groups in total. The molecule has 0 atom stereocenters. The number of nitrogens with one attached hydrogen (secondary N) is 2. The van der Waals surface area contributed by atoms with E-state index in [9.17, 15) is 14.0 Å². The largest absolute Gasteiger partial charge is 0.352 e. The second kappa shape index (κ2) is 8.75. The summed E-state index contributed by atoms with van der Waals surface area (Å²) in [6.45, 7) is 0.364. The van der Waals surface area contributed by atoms with E-state index in [4.69, 9.17) is 0 Å². The number of hydrogen-bond donors (Lipinski definition) is 2. The molecule has 138 valence electrons. The number of aromatic nitrogens is 2. The van der Waals surface area contributed by atoms with Gasteiger partial charge in [0.15, 0.2) is 0 Å². The van der Waals surface area contributed by atoms with Gasteiger partial charge in [0, 0.05) is 42.3 Å². The number of nitrogens with zero attached hydrogens (tertiary/aromatic N) is 2. The van der Waals surface area contributed by atoms with Gasteiger partial charge in [-0.15, -0.1) is 0 Å². The summed E-state index contributed by atoms with van der Waals surface area (Å²) >= 11 is 0. The summed E-state index contributed by atoms with van der Waals surface area (Å²) in [6.07, 6.45) is 6.03. The van der Waals surface area contributed by atoms with Crippen molar-refractivity contribution in [2.24, 2.45) is 0 Å². The topological polar surface area (TPSA) is 76.0 Å². The Morgan fingerprint density at radius 1 is 1.04 bits per heavy atom. The number of imidazole rings is 1. The van der Waals surface area contributed by atoms with Crippen LogP contribution in [0.1, 0.15) is 23.2 Å². The van der Waals surface area contributed by atoms with Crippen molar-refractivity contribution in [3.8, 4) is 5.69 Å². The lowest BCUT2D eigenvalue weighted by Gasteiger charge is -2.08. The van der Waals surface area contributed by atoms with E-state index < -0.39 is 0 Å². The van der Waals surface area contributed by atoms with E-state index in [1.54, 1.807) is 12.5 Å². The Morgan fingerprint density at radius 2 is 1.78 bits per heavy atom. The molecule has 0 saturated heterocycles. The molecule has 0 aliphatic rings. The number of benzene rings is 2. The molecule has 27 heavy (non-hydrogen) atoms. The van der Waals surface area contributed by atoms with Crippen LogP contribution in [0.25, 0.3) is 5.69 Å². The van der Waals surface area contributed by atoms with Crippen molar-refractivity contribution in [2.75, 3.05) is 11.9 Å². The number of anilines is 1. The monoisotopic (exact) mass is 366 g/mol. The molecular weight excluding hydrogens is 347 g/mol. The van der Waals surface area contributed by atoms with E-state index >= 15 is 0 Å². The summed E-state index contributed by atoms with van der Waals surface area (Å²) in [5.74, 6) is -0.798. The maximum atomic E-state index is 12.8. The fourth-order valence-electron chi connectivity index (χ4n) is 2.51. The Bertz CT molecular complexity index is 891. The number of carbonyl (C=O) groups is 2. The number of carbonyl (C=O) groups excluding carboxylic acids is 2. The van der Waals surface area contributed by atoms with Crippen LogP contribution in [0.2, 0.25) is 0 Å². The first-order valence-corrected chi connectivity index (χ1v) is 8.54. The second-order valence-corrected chi connectivity index (χ2v) is 5.93. The van der Waals surface area contributed by atoms with Crippen molar-refractivity contribution in [3.05, 3.63) is 78.6 Å². The number of amides is 2. The van der Waals surface area contributed by atoms with E-state index in [0.717, 1.165) is 5.69 Å². The SMILES string of the molecule is O=C(CCCNC(=O)c1ccc(F)cc1)Nc1ccc(-n2ccnc2)cc1. The number of halogens is 1. The molecule has 1 heterocycles. The Kier molecular flexibility index (Phi) is 5.94. The highest BCUT2D eigenvalue weighted by atomic mass is 19.1. The minimum absolute atomic E-state index is 0.124. The van der Waals surface area contributed by atoms with Crippen LogP contribution in [0.5, 0.6) is 0 Å². The molecule has 1 aromatic heterocycles. The summed E-state index contributed by atoms with van der Waals surface area (Å²) < 4.78 is 14.7. The van der Waals surface area contributed by atoms with E-state index in [1.807, 2.05) is 35.0 Å². The van der Waals surface area contributed by atoms with Gasteiger partial charge in [0.05, 0.1) is 6.33 Å². The number of rotatable bonds is 7. The molecule has 3 aromatic rings. The van der Waals surface area contributed by atoms with Crippen LogP contribution in [0.3, 0.4) is 0 Å². The van der Waals surface area contributed by atoms with Crippen LogP contribution in [-0.2, 0) is 4.79 Å². The van der Waals surface area contributed by atoms with Crippen LogP contribution in [-0.4, -0.2) is 27.9 Å². The van der Waals surface area contributed by atoms with Crippen LogP contribution < -0.4 is 10.6 Å². The minimum Gasteiger partial charge on any atom is -0.352 e. The molecule has 0 fully saturated rings. The molecule has 0 saturated carbocycles. The average molecular weight is 366 g/mol. The molecule has 0 bridgehead atoms. The van der Waals surface area contributed by atoms with E-state index in [1.165, 1.54) is 24.3 Å². The molecule has 0 spiro atoms. The first-order chi connectivity index (χ1) is 13.1. The van der Waals surface area contributed by atoms with Gasteiger partial charge in [-0.1, -0.05) is 0 Å². The Morgan fingerprint density at radius 3 is 2.44 bits per heavy atom. The fraction of sp³-hybridized carbons (Fsp3) is 0.150. The average Bonchev–Trinajstić information content (AvgIpc) is 3.21. The molecule has 0 aliphatic carbocycles. The predicted molar refractivity (Wildman–Crippen MR) is 100 cm³/mol. The molecular formula is C20H19FN4O2. The summed E-state index contributed by atoms with van der Waals surface area (Å²) in [6, 6.07) is 12.7. The van der Waals surface area contributed by atoms with Gasteiger partial charge in [-0.2, -0.15) is 0 Å². The zero-order valence-corrected chi connectivity index (χ0v) is 14.6. The van der Waals surface area contributed by atoms with Crippen molar-refractivity contribution < 1.29 is 14.0 Å². The lowest BCUT2D eigenvalue weighted by Crippen LogP contribution is -2.25. The quantitative estimate of drug-likeness (QED) is 0.631. The molecule has 0 radical (unpaired) electrons. The normalized spacial score (nSPS) is 10.4. The smallest absolute Gasteiger partial charge is 0.251 e. The predicted octanol–water partition coefficient (Wildman–Crippen LogP) is 3.16. The second-order valence-electron chi connectivity index (χ2n) is 5.93. The molecule has 2 aromatic carbocycles. The zero-order chi connectivity index (χ0) is 19.1. The van der Waals surface area contributed by atoms with Crippen molar-refractivity contribution >= 4 is 17.5 Å². The Labute approximate surface area is 156 Å². The van der Waals surface area contributed by atoms with Crippen LogP contribution >= 0.6 is 0 Å². The Hall–Kier alpha value is -3.48. The first kappa shape index (κ1) is 18.3. The fourth-order valence-corrected chi connectivity index (χ4v) is 2.51. The highest BCUT2D eigenvalue weighted by molar-refractivity contribution is 5.94. The van der Waals surface area contributed by atoms with Crippen LogP contribution in [0, 0.1) is 5.82 Å². The highest BCUT2D eigenvalue weighted by Crippen LogP contribution is 2.13. The van der Waals surface area contributed by atoms with E-state index in [0.29, 0.717) is 24.2 Å². The van der Waals surface area contributed by atoms with Gasteiger partial charge in [-0.05, 0) is 55.0 Å². The van der Waals surface area contributed by atoms with Gasteiger partial charge in [0.1, 0.15) is 5.82 Å². The minimum atomic E-state index is -0.388. The van der Waals surface area contributed by atoms with Crippen molar-refractivity contribution in [1.82, 2.24) is 14.9 Å². The van der Waals surface area contributed by atoms with Gasteiger partial charge < -0.3 is 15.2 Å². The summed E-state index contributed by atoms with van der Waals surface area (Å²) in [4.78, 5) is 27.9. The summed E-state index contributed by atoms with van der Waals surface area (Å²) in [5, 5.41) is 5.53. The van der Waals surface area contributed by atoms with Crippen molar-refractivity contribution in [3.63, 3.8) is 0 Å². The molecule has 7 heteroatoms. The molecule has 0 unspecified atom stereocenters. The van der Waals surface area contributed by atoms with E-state index in [-0.39, 0.29) is 24.1 Å². The molecule has 3 rings (SSSR count). The molecule has 2 amide bonds. The third-order valence-electron chi connectivity index (χ3n) is 3.93. The van der Waals surface area contributed by atoms with E-state index in [2.05, 4.69) is 15.6 Å². The zero-order valence-electron chi connectivity index (χ0n) is 14.6. The third-order valence-corrected chi connectivity index (χ3v) is 3.93. The summed E-state index contributed by atoms with van der Waals surface area (Å²) in [5.41, 5.74) is 2.05. The standard InChI is InChI=1S/C20H19FN4O2/c21-16-5-3-15(4-6-16)20(27)23-11-1-2-19(26)24-17-7-9-18(10-8-17)25-13-12-22-14-25/h3-10,12-14H,1-2,11H2,(H,23,27)(H,24,26). The lowest BCUT2D eigenvalue weighted by molar-refractivity contribution is -0.116. The van der Waals surface area contributed by atoms with Crippen LogP contribution in [0.15, 0.2) is 67.3 Å². The molecule has 0 aliphatic heterocycles. The van der Waals surface area contributed by atoms with Crippen molar-refractivity contribution in [2.45, 2.75) is 12.8 Å². The number of hydrogen-bond acceptors (Lipinski definition) is 3. The van der Waals surface area contributed by atoms with Crippen LogP contribution in [0.4, 0.5) is 10.1 Å².